The van der Waals surface area contributed by atoms with Crippen molar-refractivity contribution in [3.05, 3.63) is 58.4 Å². The third kappa shape index (κ3) is 2.24. The van der Waals surface area contributed by atoms with Crippen LogP contribution >= 0.6 is 0 Å². The van der Waals surface area contributed by atoms with Gasteiger partial charge in [0.15, 0.2) is 0 Å². The molecule has 0 spiro atoms. The molecule has 0 aromatic heterocycles. The monoisotopic (exact) mass is 216 g/mol. The van der Waals surface area contributed by atoms with E-state index in [9.17, 15) is 4.39 Å². The molecule has 0 atom stereocenters. The third-order valence-corrected chi connectivity index (χ3v) is 3.30. The maximum Gasteiger partial charge on any atom is 0.104 e. The molecule has 84 valence electrons. The van der Waals surface area contributed by atoms with Gasteiger partial charge in [0, 0.05) is 12.8 Å². The Morgan fingerprint density at radius 1 is 1.25 bits per heavy atom. The molecule has 1 heteroatoms. The topological polar surface area (TPSA) is 0 Å². The predicted octanol–water partition coefficient (Wildman–Crippen LogP) is 4.42. The molecule has 0 aliphatic heterocycles. The Morgan fingerprint density at radius 3 is 2.81 bits per heavy atom. The maximum absolute atomic E-state index is 13.6. The molecule has 0 fully saturated rings. The zero-order valence-corrected chi connectivity index (χ0v) is 9.89. The molecule has 1 aromatic carbocycles. The fourth-order valence-electron chi connectivity index (χ4n) is 2.05. The van der Waals surface area contributed by atoms with Gasteiger partial charge in [-0.25, -0.2) is 4.39 Å². The fourth-order valence-corrected chi connectivity index (χ4v) is 2.05. The second-order valence-corrected chi connectivity index (χ2v) is 4.41. The largest absolute Gasteiger partial charge is 0.212 e. The lowest BCUT2D eigenvalue weighted by molar-refractivity contribution is 0.574. The number of halogens is 1. The molecule has 1 aromatic rings. The highest BCUT2D eigenvalue weighted by Crippen LogP contribution is 2.25. The minimum atomic E-state index is 0.0587. The van der Waals surface area contributed by atoms with Crippen LogP contribution in [0, 0.1) is 13.8 Å². The Labute approximate surface area is 96.5 Å². The lowest BCUT2D eigenvalue weighted by atomic mass is 9.94. The van der Waals surface area contributed by atoms with Gasteiger partial charge in [-0.2, -0.15) is 0 Å². The summed E-state index contributed by atoms with van der Waals surface area (Å²) in [5.74, 6) is 0.0587. The molecular weight excluding hydrogens is 199 g/mol. The summed E-state index contributed by atoms with van der Waals surface area (Å²) in [6.45, 7) is 4.20. The zero-order chi connectivity index (χ0) is 11.5. The van der Waals surface area contributed by atoms with Gasteiger partial charge in [0.2, 0.25) is 0 Å². The lowest BCUT2D eigenvalue weighted by Gasteiger charge is -2.12. The van der Waals surface area contributed by atoms with E-state index < -0.39 is 0 Å². The highest BCUT2D eigenvalue weighted by Gasteiger charge is 2.10. The second-order valence-electron chi connectivity index (χ2n) is 4.41. The highest BCUT2D eigenvalue weighted by molar-refractivity contribution is 5.39. The number of hydrogen-bond acceptors (Lipinski definition) is 0. The molecule has 0 amide bonds. The highest BCUT2D eigenvalue weighted by atomic mass is 19.1. The van der Waals surface area contributed by atoms with E-state index in [2.05, 4.69) is 32.1 Å². The quantitative estimate of drug-likeness (QED) is 0.686. The Morgan fingerprint density at radius 2 is 2.06 bits per heavy atom. The Balaban J connectivity index is 2.27. The van der Waals surface area contributed by atoms with E-state index in [1.165, 1.54) is 16.7 Å². The van der Waals surface area contributed by atoms with E-state index in [1.807, 2.05) is 12.1 Å². The van der Waals surface area contributed by atoms with Crippen LogP contribution in [0.4, 0.5) is 4.39 Å². The number of aryl methyl sites for hydroxylation is 1. The van der Waals surface area contributed by atoms with Crippen LogP contribution in [0.1, 0.15) is 29.5 Å². The molecule has 16 heavy (non-hydrogen) atoms. The van der Waals surface area contributed by atoms with Crippen molar-refractivity contribution >= 4 is 0 Å². The van der Waals surface area contributed by atoms with E-state index in [4.69, 9.17) is 0 Å². The maximum atomic E-state index is 13.6. The van der Waals surface area contributed by atoms with Gasteiger partial charge >= 0.3 is 0 Å². The normalized spacial score (nSPS) is 15.7. The summed E-state index contributed by atoms with van der Waals surface area (Å²) in [6.07, 6.45) is 6.11. The van der Waals surface area contributed by atoms with Crippen LogP contribution in [0.5, 0.6) is 0 Å². The van der Waals surface area contributed by atoms with Gasteiger partial charge in [-0.3, -0.25) is 0 Å². The van der Waals surface area contributed by atoms with E-state index in [1.54, 1.807) is 0 Å². The number of benzene rings is 1. The summed E-state index contributed by atoms with van der Waals surface area (Å²) in [5, 5.41) is 0. The van der Waals surface area contributed by atoms with E-state index in [-0.39, 0.29) is 5.83 Å². The first-order valence-electron chi connectivity index (χ1n) is 5.77. The molecule has 0 saturated carbocycles. The molecule has 0 radical (unpaired) electrons. The average Bonchev–Trinajstić information content (AvgIpc) is 2.28. The van der Waals surface area contributed by atoms with Gasteiger partial charge in [0.05, 0.1) is 0 Å². The molecule has 0 unspecified atom stereocenters. The van der Waals surface area contributed by atoms with Crippen molar-refractivity contribution in [1.29, 1.82) is 0 Å². The second kappa shape index (κ2) is 4.65. The van der Waals surface area contributed by atoms with Crippen molar-refractivity contribution in [3.8, 4) is 0 Å². The van der Waals surface area contributed by atoms with Crippen LogP contribution in [-0.4, -0.2) is 0 Å². The molecule has 0 saturated heterocycles. The zero-order valence-electron chi connectivity index (χ0n) is 9.89. The van der Waals surface area contributed by atoms with Gasteiger partial charge in [-0.1, -0.05) is 30.4 Å². The summed E-state index contributed by atoms with van der Waals surface area (Å²) in [5.41, 5.74) is 4.64. The lowest BCUT2D eigenvalue weighted by Crippen LogP contribution is -1.98. The summed E-state index contributed by atoms with van der Waals surface area (Å²) in [4.78, 5) is 0. The van der Waals surface area contributed by atoms with Crippen molar-refractivity contribution in [3.63, 3.8) is 0 Å². The third-order valence-electron chi connectivity index (χ3n) is 3.30. The standard InChI is InChI=1S/C15H17F/c1-11-6-5-8-13(12(11)2)10-14-7-3-4-9-15(14)16/h3,5-8H,4,9-10H2,1-2H3. The molecule has 0 heterocycles. The SMILES string of the molecule is Cc1cccc(CC2=C(F)CCC=C2)c1C. The van der Waals surface area contributed by atoms with Crippen LogP contribution < -0.4 is 0 Å². The van der Waals surface area contributed by atoms with Gasteiger partial charge < -0.3 is 0 Å². The van der Waals surface area contributed by atoms with Gasteiger partial charge in [-0.15, -0.1) is 0 Å². The first-order valence-corrected chi connectivity index (χ1v) is 5.77. The minimum Gasteiger partial charge on any atom is -0.212 e. The van der Waals surface area contributed by atoms with Gasteiger partial charge in [-0.05, 0) is 42.5 Å². The van der Waals surface area contributed by atoms with Crippen LogP contribution in [0.15, 0.2) is 41.8 Å². The average molecular weight is 216 g/mol. The first-order chi connectivity index (χ1) is 7.68. The number of hydrogen-bond donors (Lipinski definition) is 0. The molecule has 1 aliphatic rings. The fraction of sp³-hybridized carbons (Fsp3) is 0.333. The summed E-state index contributed by atoms with van der Waals surface area (Å²) >= 11 is 0. The van der Waals surface area contributed by atoms with Crippen LogP contribution in [0.3, 0.4) is 0 Å². The predicted molar refractivity (Wildman–Crippen MR) is 66.1 cm³/mol. The Kier molecular flexibility index (Phi) is 3.23. The molecule has 0 bridgehead atoms. The number of rotatable bonds is 2. The first kappa shape index (κ1) is 11.1. The van der Waals surface area contributed by atoms with E-state index in [0.29, 0.717) is 6.42 Å². The molecule has 1 aliphatic carbocycles. The summed E-state index contributed by atoms with van der Waals surface area (Å²) < 4.78 is 13.6. The van der Waals surface area contributed by atoms with Crippen molar-refractivity contribution in [2.24, 2.45) is 0 Å². The van der Waals surface area contributed by atoms with Crippen molar-refractivity contribution in [1.82, 2.24) is 0 Å². The van der Waals surface area contributed by atoms with E-state index in [0.717, 1.165) is 18.4 Å². The van der Waals surface area contributed by atoms with Crippen LogP contribution in [0.2, 0.25) is 0 Å². The number of allylic oxidation sites excluding steroid dienone is 4. The Bertz CT molecular complexity index is 453. The summed E-state index contributed by atoms with van der Waals surface area (Å²) in [6, 6.07) is 6.23. The molecule has 2 rings (SSSR count). The molecule has 0 nitrogen and oxygen atoms in total. The molecular formula is C15H17F. The van der Waals surface area contributed by atoms with E-state index >= 15 is 0 Å². The molecule has 0 N–H and O–H groups in total. The van der Waals surface area contributed by atoms with Crippen LogP contribution in [-0.2, 0) is 6.42 Å². The van der Waals surface area contributed by atoms with Gasteiger partial charge in [0.25, 0.3) is 0 Å². The minimum absolute atomic E-state index is 0.0587. The van der Waals surface area contributed by atoms with Crippen molar-refractivity contribution < 1.29 is 4.39 Å². The van der Waals surface area contributed by atoms with Gasteiger partial charge in [0.1, 0.15) is 5.83 Å². The Hall–Kier alpha value is -1.37. The van der Waals surface area contributed by atoms with Crippen molar-refractivity contribution in [2.45, 2.75) is 33.1 Å². The smallest absolute Gasteiger partial charge is 0.104 e. The summed E-state index contributed by atoms with van der Waals surface area (Å²) in [7, 11) is 0. The van der Waals surface area contributed by atoms with Crippen molar-refractivity contribution in [2.75, 3.05) is 0 Å². The van der Waals surface area contributed by atoms with Crippen LogP contribution in [0.25, 0.3) is 0 Å².